The van der Waals surface area contributed by atoms with Gasteiger partial charge in [0.2, 0.25) is 0 Å². The van der Waals surface area contributed by atoms with Gasteiger partial charge in [-0.3, -0.25) is 0 Å². The second-order valence-electron chi connectivity index (χ2n) is 1.32. The van der Waals surface area contributed by atoms with Gasteiger partial charge in [0.15, 0.2) is 0 Å². The van der Waals surface area contributed by atoms with Gasteiger partial charge >= 0.3 is 18.9 Å². The van der Waals surface area contributed by atoms with E-state index in [0.29, 0.717) is 0 Å². The van der Waals surface area contributed by atoms with Crippen LogP contribution in [0.4, 0.5) is 0 Å². The standard InChI is InChI=1S/C4H8O.CH3O.Li/c1-2-4-5-3-1;1-2;/h1-4H2;1H3;/q;-1;+1. The van der Waals surface area contributed by atoms with E-state index in [1.54, 1.807) is 0 Å². The first-order chi connectivity index (χ1) is 3.50. The van der Waals surface area contributed by atoms with E-state index < -0.39 is 0 Å². The van der Waals surface area contributed by atoms with Crippen LogP contribution in [0.2, 0.25) is 0 Å². The zero-order chi connectivity index (χ0) is 5.54. The van der Waals surface area contributed by atoms with Crippen LogP contribution >= 0.6 is 0 Å². The Morgan fingerprint density at radius 2 is 1.50 bits per heavy atom. The van der Waals surface area contributed by atoms with E-state index in [0.717, 1.165) is 20.3 Å². The molecule has 1 heterocycles. The molecule has 44 valence electrons. The SMILES string of the molecule is C1CCOC1.C[O-].[Li+]. The summed E-state index contributed by atoms with van der Waals surface area (Å²) in [5.41, 5.74) is 0. The van der Waals surface area contributed by atoms with Crippen molar-refractivity contribution in [3.8, 4) is 0 Å². The van der Waals surface area contributed by atoms with Crippen molar-refractivity contribution in [3.63, 3.8) is 0 Å². The van der Waals surface area contributed by atoms with E-state index in [4.69, 9.17) is 9.84 Å². The summed E-state index contributed by atoms with van der Waals surface area (Å²) in [5.74, 6) is 0. The first-order valence-corrected chi connectivity index (χ1v) is 2.49. The topological polar surface area (TPSA) is 32.3 Å². The molecule has 0 spiro atoms. The zero-order valence-corrected chi connectivity index (χ0v) is 5.64. The largest absolute Gasteiger partial charge is 1.00 e. The van der Waals surface area contributed by atoms with Crippen LogP contribution in [-0.2, 0) is 4.74 Å². The third-order valence-electron chi connectivity index (χ3n) is 0.827. The summed E-state index contributed by atoms with van der Waals surface area (Å²) in [4.78, 5) is 0. The predicted octanol–water partition coefficient (Wildman–Crippen LogP) is -3.22. The smallest absolute Gasteiger partial charge is 0.857 e. The van der Waals surface area contributed by atoms with Crippen molar-refractivity contribution in [1.29, 1.82) is 0 Å². The minimum Gasteiger partial charge on any atom is -0.857 e. The number of ether oxygens (including phenoxy) is 1. The Bertz CT molecular complexity index is 22.0. The predicted molar refractivity (Wildman–Crippen MR) is 26.0 cm³/mol. The van der Waals surface area contributed by atoms with Crippen molar-refractivity contribution >= 4 is 0 Å². The van der Waals surface area contributed by atoms with Crippen molar-refractivity contribution in [1.82, 2.24) is 0 Å². The van der Waals surface area contributed by atoms with Crippen molar-refractivity contribution in [2.45, 2.75) is 12.8 Å². The van der Waals surface area contributed by atoms with E-state index in [9.17, 15) is 0 Å². The molecule has 8 heavy (non-hydrogen) atoms. The molecule has 1 saturated heterocycles. The normalized spacial score (nSPS) is 15.8. The molecular formula is C5H11LiO2. The minimum absolute atomic E-state index is 0. The van der Waals surface area contributed by atoms with Crippen molar-refractivity contribution in [2.24, 2.45) is 0 Å². The molecule has 0 aromatic heterocycles. The van der Waals surface area contributed by atoms with E-state index in [1.807, 2.05) is 0 Å². The minimum atomic E-state index is 0. The average Bonchev–Trinajstić information content (AvgIpc) is 2.23. The third kappa shape index (κ3) is 6.52. The molecule has 1 aliphatic rings. The van der Waals surface area contributed by atoms with Gasteiger partial charge in [0.05, 0.1) is 0 Å². The molecule has 0 atom stereocenters. The number of hydrogen-bond acceptors (Lipinski definition) is 2. The average molecular weight is 110 g/mol. The Kier molecular flexibility index (Phi) is 14.9. The number of hydrogen-bond donors (Lipinski definition) is 0. The van der Waals surface area contributed by atoms with Crippen LogP contribution in [-0.4, -0.2) is 20.3 Å². The van der Waals surface area contributed by atoms with E-state index in [2.05, 4.69) is 0 Å². The fourth-order valence-electron chi connectivity index (χ4n) is 0.510. The molecule has 0 N–H and O–H groups in total. The van der Waals surface area contributed by atoms with Crippen LogP contribution in [0.25, 0.3) is 0 Å². The molecule has 3 heteroatoms. The van der Waals surface area contributed by atoms with Crippen LogP contribution in [0, 0.1) is 0 Å². The summed E-state index contributed by atoms with van der Waals surface area (Å²) >= 11 is 0. The molecule has 0 amide bonds. The van der Waals surface area contributed by atoms with Gasteiger partial charge in [0.25, 0.3) is 0 Å². The Morgan fingerprint density at radius 3 is 1.62 bits per heavy atom. The summed E-state index contributed by atoms with van der Waals surface area (Å²) in [6.07, 6.45) is 2.56. The molecule has 0 bridgehead atoms. The van der Waals surface area contributed by atoms with Gasteiger partial charge in [0, 0.05) is 13.2 Å². The zero-order valence-electron chi connectivity index (χ0n) is 5.64. The molecule has 0 unspecified atom stereocenters. The maximum Gasteiger partial charge on any atom is 1.00 e. The molecular weight excluding hydrogens is 99.0 g/mol. The molecule has 1 fully saturated rings. The number of rotatable bonds is 0. The van der Waals surface area contributed by atoms with Crippen LogP contribution in [0.15, 0.2) is 0 Å². The maximum atomic E-state index is 8.25. The quantitative estimate of drug-likeness (QED) is 0.307. The molecule has 0 aromatic rings. The second-order valence-corrected chi connectivity index (χ2v) is 1.32. The maximum absolute atomic E-state index is 8.25. The van der Waals surface area contributed by atoms with Crippen molar-refractivity contribution in [2.75, 3.05) is 20.3 Å². The van der Waals surface area contributed by atoms with E-state index in [1.165, 1.54) is 12.8 Å². The third-order valence-corrected chi connectivity index (χ3v) is 0.827. The molecule has 1 rings (SSSR count). The van der Waals surface area contributed by atoms with Gasteiger partial charge in [-0.1, -0.05) is 0 Å². The molecule has 0 radical (unpaired) electrons. The first kappa shape index (κ1) is 11.3. The Hall–Kier alpha value is 0.517. The molecule has 0 aliphatic carbocycles. The molecule has 2 nitrogen and oxygen atoms in total. The van der Waals surface area contributed by atoms with Crippen LogP contribution in [0.1, 0.15) is 12.8 Å². The summed E-state index contributed by atoms with van der Waals surface area (Å²) in [7, 11) is 0.750. The van der Waals surface area contributed by atoms with E-state index in [-0.39, 0.29) is 18.9 Å². The van der Waals surface area contributed by atoms with Gasteiger partial charge in [-0.05, 0) is 12.8 Å². The second kappa shape index (κ2) is 10.5. The Morgan fingerprint density at radius 1 is 1.12 bits per heavy atom. The summed E-state index contributed by atoms with van der Waals surface area (Å²) in [5, 5.41) is 8.25. The molecule has 0 saturated carbocycles. The van der Waals surface area contributed by atoms with Gasteiger partial charge in [-0.2, -0.15) is 7.11 Å². The van der Waals surface area contributed by atoms with Gasteiger partial charge in [-0.15, -0.1) is 0 Å². The van der Waals surface area contributed by atoms with Gasteiger partial charge in [0.1, 0.15) is 0 Å². The molecule has 1 aliphatic heterocycles. The Labute approximate surface area is 62.4 Å². The fraction of sp³-hybridized carbons (Fsp3) is 1.00. The summed E-state index contributed by atoms with van der Waals surface area (Å²) in [6, 6.07) is 0. The van der Waals surface area contributed by atoms with Crippen LogP contribution in [0.5, 0.6) is 0 Å². The fourth-order valence-corrected chi connectivity index (χ4v) is 0.510. The van der Waals surface area contributed by atoms with E-state index >= 15 is 0 Å². The first-order valence-electron chi connectivity index (χ1n) is 2.49. The Balaban J connectivity index is 0. The van der Waals surface area contributed by atoms with Crippen LogP contribution in [0.3, 0.4) is 0 Å². The summed E-state index contributed by atoms with van der Waals surface area (Å²) < 4.78 is 4.94. The summed E-state index contributed by atoms with van der Waals surface area (Å²) in [6.45, 7) is 2.00. The van der Waals surface area contributed by atoms with Crippen molar-refractivity contribution in [3.05, 3.63) is 0 Å². The van der Waals surface area contributed by atoms with Gasteiger partial charge in [-0.25, -0.2) is 0 Å². The van der Waals surface area contributed by atoms with Crippen LogP contribution < -0.4 is 24.0 Å². The molecule has 0 aromatic carbocycles. The van der Waals surface area contributed by atoms with Crippen molar-refractivity contribution < 1.29 is 28.7 Å². The monoisotopic (exact) mass is 110 g/mol. The van der Waals surface area contributed by atoms with Gasteiger partial charge < -0.3 is 9.84 Å².